The first-order valence-electron chi connectivity index (χ1n) is 18.3. The van der Waals surface area contributed by atoms with Crippen LogP contribution in [0.5, 0.6) is 0 Å². The molecule has 0 unspecified atom stereocenters. The van der Waals surface area contributed by atoms with Gasteiger partial charge in [0, 0.05) is 12.8 Å². The monoisotopic (exact) mass is 744 g/mol. The average Bonchev–Trinajstić information content (AvgIpc) is 3.98. The average molecular weight is 746 g/mol. The maximum absolute atomic E-state index is 5.94. The van der Waals surface area contributed by atoms with Crippen LogP contribution >= 0.6 is 0 Å². The molecule has 8 rings (SSSR count). The van der Waals surface area contributed by atoms with E-state index in [1.165, 1.54) is 67.8 Å². The Kier molecular flexibility index (Phi) is 11.9. The molecule has 0 amide bonds. The van der Waals surface area contributed by atoms with Gasteiger partial charge in [-0.25, -0.2) is 0 Å². The number of rotatable bonds is 10. The van der Waals surface area contributed by atoms with Gasteiger partial charge in [0.05, 0.1) is 23.0 Å². The molecule has 2 nitrogen and oxygen atoms in total. The zero-order valence-corrected chi connectivity index (χ0v) is 32.7. The molecule has 0 bridgehead atoms. The second kappa shape index (κ2) is 16.7. The van der Waals surface area contributed by atoms with E-state index in [2.05, 4.69) is 161 Å². The molecular weight excluding hydrogens is 700 g/mol. The molecule has 0 aliphatic rings. The van der Waals surface area contributed by atoms with Crippen molar-refractivity contribution < 1.29 is 35.0 Å². The molecule has 0 saturated heterocycles. The minimum absolute atomic E-state index is 0. The fraction of sp³-hybridized carbons (Fsp3) is 0.208. The summed E-state index contributed by atoms with van der Waals surface area (Å²) in [6, 6.07) is 48.3. The maximum atomic E-state index is 5.94. The van der Waals surface area contributed by atoms with Gasteiger partial charge in [-0.3, -0.25) is 0 Å². The number of aryl methyl sites for hydroxylation is 4. The van der Waals surface area contributed by atoms with Gasteiger partial charge in [-0.05, 0) is 59.4 Å². The van der Waals surface area contributed by atoms with Gasteiger partial charge < -0.3 is 8.83 Å². The van der Waals surface area contributed by atoms with Crippen molar-refractivity contribution in [1.29, 1.82) is 0 Å². The van der Waals surface area contributed by atoms with Crippen LogP contribution in [0.25, 0.3) is 66.4 Å². The molecule has 254 valence electrons. The zero-order chi connectivity index (χ0) is 34.5. The molecule has 3 heteroatoms. The van der Waals surface area contributed by atoms with E-state index in [0.29, 0.717) is 0 Å². The number of benzene rings is 4. The molecule has 8 aromatic rings. The van der Waals surface area contributed by atoms with Crippen LogP contribution in [-0.4, -0.2) is 0 Å². The van der Waals surface area contributed by atoms with Crippen molar-refractivity contribution in [2.45, 2.75) is 66.2 Å². The summed E-state index contributed by atoms with van der Waals surface area (Å²) in [4.78, 5) is 0. The Morgan fingerprint density at radius 2 is 0.882 bits per heavy atom. The standard InChI is InChI=1S/2C24H23O.Zr/c2*1-3-6-17-9-11-18(12-10-17)22-8-5-7-19-15-20(16-23(19)22)24-14-13-21(4-2)25-24;/h2*5,7-16H,3-4,6H2,1-2H3;/q2*-1;+2. The quantitative estimate of drug-likeness (QED) is 0.130. The molecule has 0 spiro atoms. The molecule has 6 aromatic carbocycles. The first-order chi connectivity index (χ1) is 24.6. The molecule has 0 radical (unpaired) electrons. The molecule has 51 heavy (non-hydrogen) atoms. The van der Waals surface area contributed by atoms with Gasteiger partial charge in [-0.1, -0.05) is 136 Å². The molecule has 0 aliphatic heterocycles. The Hall–Kier alpha value is -4.46. The third kappa shape index (κ3) is 8.05. The summed E-state index contributed by atoms with van der Waals surface area (Å²) in [6.45, 7) is 8.67. The van der Waals surface area contributed by atoms with E-state index in [9.17, 15) is 0 Å². The van der Waals surface area contributed by atoms with Crippen LogP contribution in [0.2, 0.25) is 0 Å². The summed E-state index contributed by atoms with van der Waals surface area (Å²) in [5.41, 5.74) is 10.2. The van der Waals surface area contributed by atoms with Crippen LogP contribution in [0.3, 0.4) is 0 Å². The van der Waals surface area contributed by atoms with E-state index in [-0.39, 0.29) is 26.2 Å². The van der Waals surface area contributed by atoms with Gasteiger partial charge in [0.2, 0.25) is 0 Å². The van der Waals surface area contributed by atoms with Gasteiger partial charge in [0.25, 0.3) is 0 Å². The fourth-order valence-electron chi connectivity index (χ4n) is 6.98. The summed E-state index contributed by atoms with van der Waals surface area (Å²) in [5.74, 6) is 3.98. The van der Waals surface area contributed by atoms with E-state index in [4.69, 9.17) is 8.83 Å². The van der Waals surface area contributed by atoms with Gasteiger partial charge >= 0.3 is 26.2 Å². The van der Waals surface area contributed by atoms with Crippen molar-refractivity contribution >= 4 is 21.5 Å². The first kappa shape index (κ1) is 36.3. The van der Waals surface area contributed by atoms with E-state index >= 15 is 0 Å². The second-order valence-electron chi connectivity index (χ2n) is 13.2. The van der Waals surface area contributed by atoms with E-state index in [1.807, 2.05) is 0 Å². The largest absolute Gasteiger partial charge is 2.00 e. The van der Waals surface area contributed by atoms with E-state index in [1.54, 1.807) is 0 Å². The Bertz CT molecular complexity index is 2140. The Morgan fingerprint density at radius 3 is 1.24 bits per heavy atom. The fourth-order valence-corrected chi connectivity index (χ4v) is 6.98. The number of furan rings is 2. The third-order valence-corrected chi connectivity index (χ3v) is 9.70. The molecule has 2 heterocycles. The molecular formula is C48H46O2Zr. The van der Waals surface area contributed by atoms with E-state index < -0.39 is 0 Å². The predicted molar refractivity (Wildman–Crippen MR) is 212 cm³/mol. The minimum Gasteiger partial charge on any atom is -0.496 e. The van der Waals surface area contributed by atoms with Gasteiger partial charge in [-0.15, -0.1) is 57.9 Å². The van der Waals surface area contributed by atoms with Gasteiger partial charge in [-0.2, -0.15) is 0 Å². The van der Waals surface area contributed by atoms with Gasteiger partial charge in [0.15, 0.2) is 0 Å². The van der Waals surface area contributed by atoms with Crippen molar-refractivity contribution in [2.24, 2.45) is 0 Å². The molecule has 2 aromatic heterocycles. The molecule has 0 saturated carbocycles. The Labute approximate surface area is 322 Å². The molecule has 0 atom stereocenters. The van der Waals surface area contributed by atoms with Crippen LogP contribution in [0.1, 0.15) is 63.2 Å². The van der Waals surface area contributed by atoms with E-state index in [0.717, 1.165) is 59.9 Å². The zero-order valence-electron chi connectivity index (χ0n) is 30.3. The van der Waals surface area contributed by atoms with Crippen LogP contribution < -0.4 is 0 Å². The maximum Gasteiger partial charge on any atom is 2.00 e. The summed E-state index contributed by atoms with van der Waals surface area (Å²) in [5, 5.41) is 5.10. The topological polar surface area (TPSA) is 26.3 Å². The molecule has 0 N–H and O–H groups in total. The molecule has 0 aliphatic carbocycles. The third-order valence-electron chi connectivity index (χ3n) is 9.70. The smallest absolute Gasteiger partial charge is 0.496 e. The number of hydrogen-bond donors (Lipinski definition) is 0. The predicted octanol–water partition coefficient (Wildman–Crippen LogP) is 14.0. The first-order valence-corrected chi connectivity index (χ1v) is 18.3. The molecule has 0 fully saturated rings. The SMILES string of the molecule is CCCc1ccc(-c2cccc3[cH-]c(-c4ccc(CC)o4)cc23)cc1.CCCc1ccc(-c2cccc3[cH-]c(-c4ccc(CC)o4)cc23)cc1.[Zr+2]. The number of hydrogen-bond acceptors (Lipinski definition) is 2. The minimum atomic E-state index is 0. The van der Waals surface area contributed by atoms with Crippen LogP contribution in [0, 0.1) is 0 Å². The van der Waals surface area contributed by atoms with Crippen molar-refractivity contribution in [3.05, 3.63) is 156 Å². The van der Waals surface area contributed by atoms with Crippen molar-refractivity contribution in [3.8, 4) is 44.9 Å². The second-order valence-corrected chi connectivity index (χ2v) is 13.2. The van der Waals surface area contributed by atoms with Crippen LogP contribution in [0.4, 0.5) is 0 Å². The number of fused-ring (bicyclic) bond motifs is 2. The summed E-state index contributed by atoms with van der Waals surface area (Å²) in [7, 11) is 0. The van der Waals surface area contributed by atoms with Crippen molar-refractivity contribution in [2.75, 3.05) is 0 Å². The van der Waals surface area contributed by atoms with Crippen LogP contribution in [-0.2, 0) is 51.9 Å². The summed E-state index contributed by atoms with van der Waals surface area (Å²) >= 11 is 0. The van der Waals surface area contributed by atoms with Crippen molar-refractivity contribution in [3.63, 3.8) is 0 Å². The summed E-state index contributed by atoms with van der Waals surface area (Å²) < 4.78 is 11.9. The van der Waals surface area contributed by atoms with Gasteiger partial charge in [0.1, 0.15) is 0 Å². The Morgan fingerprint density at radius 1 is 0.471 bits per heavy atom. The summed E-state index contributed by atoms with van der Waals surface area (Å²) in [6.07, 6.45) is 6.51. The normalized spacial score (nSPS) is 11.1. The Balaban J connectivity index is 0.000000172. The van der Waals surface area contributed by atoms with Crippen molar-refractivity contribution in [1.82, 2.24) is 0 Å². The van der Waals surface area contributed by atoms with Crippen LogP contribution in [0.15, 0.2) is 142 Å².